The minimum Gasteiger partial charge on any atom is -0.756 e. The molecule has 62 valence electrons. The third kappa shape index (κ3) is 4.94. The van der Waals surface area contributed by atoms with Gasteiger partial charge in [0, 0.05) is 0 Å². The molecule has 1 atom stereocenters. The van der Waals surface area contributed by atoms with E-state index in [1.165, 1.54) is 0 Å². The molecule has 0 radical (unpaired) electrons. The minimum absolute atomic E-state index is 0.119. The fourth-order valence-corrected chi connectivity index (χ4v) is 1.34. The second-order valence-corrected chi connectivity index (χ2v) is 3.38. The highest BCUT2D eigenvalue weighted by molar-refractivity contribution is 7.45. The van der Waals surface area contributed by atoms with Crippen LogP contribution in [-0.2, 0) is 13.6 Å². The molecule has 0 fully saturated rings. The first kappa shape index (κ1) is 10.1. The van der Waals surface area contributed by atoms with Gasteiger partial charge in [0.1, 0.15) is 0 Å². The lowest BCUT2D eigenvalue weighted by Crippen LogP contribution is -2.12. The maximum atomic E-state index is 10.6. The van der Waals surface area contributed by atoms with E-state index < -0.39 is 7.82 Å². The van der Waals surface area contributed by atoms with Crippen molar-refractivity contribution in [3.63, 3.8) is 0 Å². The summed E-state index contributed by atoms with van der Waals surface area (Å²) in [6.07, 6.45) is -0.352. The Kier molecular flexibility index (Phi) is 4.13. The highest BCUT2D eigenvalue weighted by atomic mass is 31.2. The Morgan fingerprint density at radius 2 is 2.10 bits per heavy atom. The molecule has 4 nitrogen and oxygen atoms in total. The summed E-state index contributed by atoms with van der Waals surface area (Å²) >= 11 is 0. The zero-order chi connectivity index (χ0) is 8.20. The van der Waals surface area contributed by atoms with Crippen LogP contribution in [0.15, 0.2) is 0 Å². The van der Waals surface area contributed by atoms with Gasteiger partial charge in [-0.05, 0) is 20.8 Å². The number of hydrogen-bond acceptors (Lipinski definition) is 4. The van der Waals surface area contributed by atoms with Crippen LogP contribution in [0.5, 0.6) is 0 Å². The van der Waals surface area contributed by atoms with Gasteiger partial charge in [-0.3, -0.25) is 4.57 Å². The van der Waals surface area contributed by atoms with E-state index in [9.17, 15) is 9.46 Å². The molecular formula is C5H12O4P-. The summed E-state index contributed by atoms with van der Waals surface area (Å²) in [7, 11) is -4.00. The van der Waals surface area contributed by atoms with Gasteiger partial charge in [-0.1, -0.05) is 0 Å². The van der Waals surface area contributed by atoms with Crippen molar-refractivity contribution in [1.82, 2.24) is 0 Å². The molecule has 0 spiro atoms. The van der Waals surface area contributed by atoms with Crippen molar-refractivity contribution < 1.29 is 18.5 Å². The molecule has 0 amide bonds. The third-order valence-electron chi connectivity index (χ3n) is 0.627. The molecule has 0 saturated heterocycles. The monoisotopic (exact) mass is 167 g/mol. The van der Waals surface area contributed by atoms with Crippen LogP contribution in [0.3, 0.4) is 0 Å². The van der Waals surface area contributed by atoms with Crippen molar-refractivity contribution in [2.45, 2.75) is 26.9 Å². The molecule has 0 aliphatic heterocycles. The van der Waals surface area contributed by atoms with Gasteiger partial charge >= 0.3 is 0 Å². The molecule has 0 aliphatic rings. The molecule has 0 saturated carbocycles. The molecule has 0 rings (SSSR count). The average molecular weight is 167 g/mol. The molecule has 10 heavy (non-hydrogen) atoms. The van der Waals surface area contributed by atoms with Crippen molar-refractivity contribution in [3.05, 3.63) is 0 Å². The van der Waals surface area contributed by atoms with E-state index >= 15 is 0 Å². The van der Waals surface area contributed by atoms with E-state index in [2.05, 4.69) is 9.05 Å². The van der Waals surface area contributed by atoms with Gasteiger partial charge in [-0.2, -0.15) is 0 Å². The smallest absolute Gasteiger partial charge is 0.268 e. The lowest BCUT2D eigenvalue weighted by molar-refractivity contribution is -0.227. The van der Waals surface area contributed by atoms with E-state index in [1.807, 2.05) is 0 Å². The highest BCUT2D eigenvalue weighted by Crippen LogP contribution is 2.39. The Labute approximate surface area is 60.8 Å². The van der Waals surface area contributed by atoms with E-state index in [-0.39, 0.29) is 12.7 Å². The zero-order valence-electron chi connectivity index (χ0n) is 6.36. The van der Waals surface area contributed by atoms with E-state index in [4.69, 9.17) is 0 Å². The van der Waals surface area contributed by atoms with Crippen LogP contribution in [-0.4, -0.2) is 12.7 Å². The molecule has 1 unspecified atom stereocenters. The van der Waals surface area contributed by atoms with Gasteiger partial charge in [0.25, 0.3) is 7.82 Å². The van der Waals surface area contributed by atoms with Crippen molar-refractivity contribution in [1.29, 1.82) is 0 Å². The largest absolute Gasteiger partial charge is 0.756 e. The molecule has 0 aliphatic carbocycles. The molecular weight excluding hydrogens is 155 g/mol. The fourth-order valence-electron chi connectivity index (χ4n) is 0.447. The molecule has 0 aromatic carbocycles. The van der Waals surface area contributed by atoms with Crippen LogP contribution in [0, 0.1) is 0 Å². The molecule has 0 aromatic heterocycles. The average Bonchev–Trinajstić information content (AvgIpc) is 1.59. The molecule has 0 heterocycles. The standard InChI is InChI=1S/C5H13O4P/c1-4-8-10(6,7)9-5(2)3/h5H,4H2,1-3H3,(H,6,7)/p-1. The van der Waals surface area contributed by atoms with Crippen molar-refractivity contribution in [3.8, 4) is 0 Å². The predicted octanol–water partition coefficient (Wildman–Crippen LogP) is 0.916. The van der Waals surface area contributed by atoms with Gasteiger partial charge in [0.05, 0.1) is 12.7 Å². The van der Waals surface area contributed by atoms with Crippen LogP contribution < -0.4 is 4.89 Å². The van der Waals surface area contributed by atoms with Crippen LogP contribution in [0.1, 0.15) is 20.8 Å². The van der Waals surface area contributed by atoms with Gasteiger partial charge < -0.3 is 13.9 Å². The molecule has 5 heteroatoms. The Morgan fingerprint density at radius 3 is 2.40 bits per heavy atom. The normalized spacial score (nSPS) is 17.3. The van der Waals surface area contributed by atoms with Crippen molar-refractivity contribution >= 4 is 7.82 Å². The highest BCUT2D eigenvalue weighted by Gasteiger charge is 2.09. The summed E-state index contributed by atoms with van der Waals surface area (Å²) in [5.41, 5.74) is 0. The van der Waals surface area contributed by atoms with Gasteiger partial charge in [-0.15, -0.1) is 0 Å². The maximum Gasteiger partial charge on any atom is 0.268 e. The van der Waals surface area contributed by atoms with Gasteiger partial charge in [-0.25, -0.2) is 0 Å². The molecule has 0 aromatic rings. The minimum atomic E-state index is -4.00. The Hall–Kier alpha value is 0.110. The van der Waals surface area contributed by atoms with Gasteiger partial charge in [0.15, 0.2) is 0 Å². The third-order valence-corrected chi connectivity index (χ3v) is 1.88. The number of phosphoric acid groups is 1. The SMILES string of the molecule is CCOP(=O)([O-])OC(C)C. The van der Waals surface area contributed by atoms with Crippen molar-refractivity contribution in [2.24, 2.45) is 0 Å². The van der Waals surface area contributed by atoms with Crippen LogP contribution in [0.25, 0.3) is 0 Å². The first-order chi connectivity index (χ1) is 4.48. The first-order valence-electron chi connectivity index (χ1n) is 3.12. The number of phosphoric ester groups is 1. The zero-order valence-corrected chi connectivity index (χ0v) is 7.26. The molecule has 0 N–H and O–H groups in total. The van der Waals surface area contributed by atoms with Gasteiger partial charge in [0.2, 0.25) is 0 Å². The predicted molar refractivity (Wildman–Crippen MR) is 35.5 cm³/mol. The topological polar surface area (TPSA) is 58.6 Å². The first-order valence-corrected chi connectivity index (χ1v) is 4.58. The van der Waals surface area contributed by atoms with E-state index in [0.29, 0.717) is 0 Å². The number of hydrogen-bond donors (Lipinski definition) is 0. The second-order valence-electron chi connectivity index (χ2n) is 2.02. The number of rotatable bonds is 4. The molecule has 0 bridgehead atoms. The quantitative estimate of drug-likeness (QED) is 0.584. The second kappa shape index (κ2) is 4.09. The summed E-state index contributed by atoms with van der Waals surface area (Å²) in [4.78, 5) is 10.6. The Balaban J connectivity index is 3.75. The fraction of sp³-hybridized carbons (Fsp3) is 1.00. The van der Waals surface area contributed by atoms with Crippen LogP contribution >= 0.6 is 7.82 Å². The lowest BCUT2D eigenvalue weighted by atomic mass is 10.5. The van der Waals surface area contributed by atoms with Crippen LogP contribution in [0.2, 0.25) is 0 Å². The lowest BCUT2D eigenvalue weighted by Gasteiger charge is -2.23. The summed E-state index contributed by atoms with van der Waals surface area (Å²) in [5, 5.41) is 0. The summed E-state index contributed by atoms with van der Waals surface area (Å²) in [6.45, 7) is 4.97. The Morgan fingerprint density at radius 1 is 1.60 bits per heavy atom. The Bertz CT molecular complexity index is 134. The summed E-state index contributed by atoms with van der Waals surface area (Å²) in [5.74, 6) is 0. The maximum absolute atomic E-state index is 10.6. The van der Waals surface area contributed by atoms with Crippen molar-refractivity contribution in [2.75, 3.05) is 6.61 Å². The van der Waals surface area contributed by atoms with E-state index in [0.717, 1.165) is 0 Å². The van der Waals surface area contributed by atoms with Crippen LogP contribution in [0.4, 0.5) is 0 Å². The summed E-state index contributed by atoms with van der Waals surface area (Å²) < 4.78 is 19.4. The van der Waals surface area contributed by atoms with E-state index in [1.54, 1.807) is 20.8 Å². The summed E-state index contributed by atoms with van der Waals surface area (Å²) in [6, 6.07) is 0.